The maximum Gasteiger partial charge on any atom is 0.230 e. The second kappa shape index (κ2) is 10.1. The molecule has 0 unspecified atom stereocenters. The summed E-state index contributed by atoms with van der Waals surface area (Å²) in [5.74, 6) is -0.0849. The van der Waals surface area contributed by atoms with Crippen LogP contribution in [-0.4, -0.2) is 28.1 Å². The molecule has 3 rings (SSSR count). The summed E-state index contributed by atoms with van der Waals surface area (Å²) in [4.78, 5) is 16.4. The average molecular weight is 404 g/mol. The van der Waals surface area contributed by atoms with Gasteiger partial charge in [-0.2, -0.15) is 0 Å². The van der Waals surface area contributed by atoms with Gasteiger partial charge in [0.25, 0.3) is 0 Å². The van der Waals surface area contributed by atoms with Crippen molar-refractivity contribution in [1.82, 2.24) is 10.3 Å². The van der Waals surface area contributed by atoms with Crippen LogP contribution in [0.2, 0.25) is 0 Å². The van der Waals surface area contributed by atoms with Gasteiger partial charge in [0, 0.05) is 29.7 Å². The van der Waals surface area contributed by atoms with Crippen molar-refractivity contribution in [2.75, 3.05) is 11.9 Å². The zero-order valence-electron chi connectivity index (χ0n) is 17.5. The smallest absolute Gasteiger partial charge is 0.230 e. The van der Waals surface area contributed by atoms with E-state index < -0.39 is 6.10 Å². The van der Waals surface area contributed by atoms with Crippen LogP contribution in [0.5, 0.6) is 0 Å². The number of benzene rings is 2. The first-order valence-electron chi connectivity index (χ1n) is 10.2. The molecule has 2 aromatic carbocycles. The topological polar surface area (TPSA) is 74.2 Å². The first kappa shape index (κ1) is 21.7. The maximum atomic E-state index is 12.2. The highest BCUT2D eigenvalue weighted by molar-refractivity contribution is 5.92. The third kappa shape index (κ3) is 6.79. The monoisotopic (exact) mass is 403 g/mol. The molecule has 0 aliphatic carbocycles. The number of aliphatic hydroxyl groups excluding tert-OH is 1. The van der Waals surface area contributed by atoms with Gasteiger partial charge in [-0.1, -0.05) is 48.5 Å². The van der Waals surface area contributed by atoms with E-state index >= 15 is 0 Å². The summed E-state index contributed by atoms with van der Waals surface area (Å²) < 4.78 is 0. The van der Waals surface area contributed by atoms with Crippen molar-refractivity contribution in [3.8, 4) is 0 Å². The van der Waals surface area contributed by atoms with E-state index in [9.17, 15) is 9.90 Å². The molecule has 0 aliphatic rings. The number of β-amino-alcohol motifs (C(OH)–C–C–N with tert-alkyl or cyclic N) is 1. The van der Waals surface area contributed by atoms with E-state index in [1.54, 1.807) is 6.20 Å². The number of nitrogens with one attached hydrogen (secondary N) is 2. The number of amides is 1. The minimum absolute atomic E-state index is 0.0849. The van der Waals surface area contributed by atoms with E-state index in [2.05, 4.69) is 29.5 Å². The van der Waals surface area contributed by atoms with Crippen molar-refractivity contribution in [1.29, 1.82) is 0 Å². The third-order valence-electron chi connectivity index (χ3n) is 4.91. The van der Waals surface area contributed by atoms with Gasteiger partial charge < -0.3 is 15.7 Å². The number of anilines is 1. The first-order chi connectivity index (χ1) is 14.4. The molecular weight excluding hydrogens is 374 g/mol. The van der Waals surface area contributed by atoms with Crippen molar-refractivity contribution < 1.29 is 9.90 Å². The van der Waals surface area contributed by atoms with Crippen LogP contribution >= 0.6 is 0 Å². The number of hydrogen-bond donors (Lipinski definition) is 3. The molecule has 0 aliphatic heterocycles. The molecule has 0 spiro atoms. The fraction of sp³-hybridized carbons (Fsp3) is 0.280. The van der Waals surface area contributed by atoms with Crippen LogP contribution in [0.25, 0.3) is 0 Å². The zero-order valence-corrected chi connectivity index (χ0v) is 17.5. The molecule has 1 amide bonds. The molecule has 0 radical (unpaired) electrons. The molecule has 0 saturated carbocycles. The van der Waals surface area contributed by atoms with Gasteiger partial charge in [-0.25, -0.2) is 0 Å². The van der Waals surface area contributed by atoms with Crippen molar-refractivity contribution in [3.05, 3.63) is 95.8 Å². The zero-order chi connectivity index (χ0) is 21.4. The highest BCUT2D eigenvalue weighted by Crippen LogP contribution is 2.18. The Morgan fingerprint density at radius 1 is 1.00 bits per heavy atom. The van der Waals surface area contributed by atoms with E-state index in [4.69, 9.17) is 0 Å². The highest BCUT2D eigenvalue weighted by Gasteiger charge is 2.20. The van der Waals surface area contributed by atoms with Crippen LogP contribution in [0, 0.1) is 0 Å². The van der Waals surface area contributed by atoms with E-state index in [0.29, 0.717) is 6.54 Å². The van der Waals surface area contributed by atoms with Gasteiger partial charge in [0.15, 0.2) is 0 Å². The van der Waals surface area contributed by atoms with Gasteiger partial charge in [-0.05, 0) is 55.7 Å². The lowest BCUT2D eigenvalue weighted by Gasteiger charge is -2.28. The van der Waals surface area contributed by atoms with Crippen molar-refractivity contribution in [3.63, 3.8) is 0 Å². The summed E-state index contributed by atoms with van der Waals surface area (Å²) in [6.45, 7) is 4.72. The Bertz CT molecular complexity index is 926. The Kier molecular flexibility index (Phi) is 7.33. The molecule has 0 fully saturated rings. The Morgan fingerprint density at radius 2 is 1.70 bits per heavy atom. The Balaban J connectivity index is 1.49. The van der Waals surface area contributed by atoms with E-state index in [0.717, 1.165) is 28.9 Å². The van der Waals surface area contributed by atoms with Crippen LogP contribution < -0.4 is 10.6 Å². The normalized spacial score (nSPS) is 12.4. The number of rotatable bonds is 9. The van der Waals surface area contributed by atoms with Gasteiger partial charge in [-0.3, -0.25) is 9.78 Å². The van der Waals surface area contributed by atoms with Crippen LogP contribution in [0.1, 0.15) is 36.8 Å². The van der Waals surface area contributed by atoms with Crippen LogP contribution in [0.4, 0.5) is 5.69 Å². The molecule has 156 valence electrons. The van der Waals surface area contributed by atoms with Gasteiger partial charge in [0.1, 0.15) is 0 Å². The minimum Gasteiger partial charge on any atom is -0.387 e. The molecule has 3 aromatic rings. The molecule has 0 bridgehead atoms. The fourth-order valence-corrected chi connectivity index (χ4v) is 3.32. The van der Waals surface area contributed by atoms with Crippen molar-refractivity contribution in [2.45, 2.75) is 38.3 Å². The largest absolute Gasteiger partial charge is 0.387 e. The number of pyridine rings is 1. The summed E-state index contributed by atoms with van der Waals surface area (Å²) in [5, 5.41) is 16.7. The summed E-state index contributed by atoms with van der Waals surface area (Å²) in [6.07, 6.45) is 2.20. The highest BCUT2D eigenvalue weighted by atomic mass is 16.3. The Labute approximate surface area is 178 Å². The molecule has 1 atom stereocenters. The number of aromatic nitrogens is 1. The maximum absolute atomic E-state index is 12.2. The molecule has 5 nitrogen and oxygen atoms in total. The summed E-state index contributed by atoms with van der Waals surface area (Å²) in [5.41, 5.74) is 3.40. The lowest BCUT2D eigenvalue weighted by Crippen LogP contribution is -2.43. The molecular formula is C25H29N3O2. The first-order valence-corrected chi connectivity index (χ1v) is 10.2. The number of hydrogen-bond acceptors (Lipinski definition) is 4. The minimum atomic E-state index is -0.540. The number of aliphatic hydroxyl groups is 1. The van der Waals surface area contributed by atoms with Gasteiger partial charge in [0.2, 0.25) is 5.91 Å². The second-order valence-electron chi connectivity index (χ2n) is 8.11. The number of carbonyl (C=O) groups excluding carboxylic acids is 1. The number of carbonyl (C=O) groups is 1. The molecule has 1 heterocycles. The number of nitrogens with zero attached hydrogens (tertiary/aromatic N) is 1. The van der Waals surface area contributed by atoms with E-state index in [1.807, 2.05) is 72.8 Å². The lowest BCUT2D eigenvalue weighted by molar-refractivity contribution is -0.115. The van der Waals surface area contributed by atoms with Crippen LogP contribution in [0.3, 0.4) is 0 Å². The molecule has 3 N–H and O–H groups in total. The van der Waals surface area contributed by atoms with Crippen LogP contribution in [-0.2, 0) is 17.6 Å². The molecule has 0 saturated heterocycles. The second-order valence-corrected chi connectivity index (χ2v) is 8.11. The van der Waals surface area contributed by atoms with Gasteiger partial charge in [-0.15, -0.1) is 0 Å². The van der Waals surface area contributed by atoms with Crippen molar-refractivity contribution >= 4 is 11.6 Å². The predicted octanol–water partition coefficient (Wildman–Crippen LogP) is 3.91. The molecule has 5 heteroatoms. The quantitative estimate of drug-likeness (QED) is 0.506. The summed E-state index contributed by atoms with van der Waals surface area (Å²) in [6, 6.07) is 23.1. The van der Waals surface area contributed by atoms with Gasteiger partial charge >= 0.3 is 0 Å². The average Bonchev–Trinajstić information content (AvgIpc) is 2.74. The standard InChI is InChI=1S/C25H29N3O2/c1-25(2,27-18-23(29)20-8-4-3-5-9-20)17-19-11-13-21(14-12-19)28-24(30)16-22-10-6-7-15-26-22/h3-15,23,27,29H,16-18H2,1-2H3,(H,28,30)/t23-/m0/s1. The summed E-state index contributed by atoms with van der Waals surface area (Å²) >= 11 is 0. The fourth-order valence-electron chi connectivity index (χ4n) is 3.32. The van der Waals surface area contributed by atoms with E-state index in [1.165, 1.54) is 0 Å². The SMILES string of the molecule is CC(C)(Cc1ccc(NC(=O)Cc2ccccn2)cc1)NC[C@H](O)c1ccccc1. The lowest BCUT2D eigenvalue weighted by atomic mass is 9.94. The van der Waals surface area contributed by atoms with E-state index in [-0.39, 0.29) is 17.9 Å². The van der Waals surface area contributed by atoms with Crippen molar-refractivity contribution in [2.24, 2.45) is 0 Å². The third-order valence-corrected chi connectivity index (χ3v) is 4.91. The predicted molar refractivity (Wildman–Crippen MR) is 120 cm³/mol. The molecule has 1 aromatic heterocycles. The Morgan fingerprint density at radius 3 is 2.37 bits per heavy atom. The Hall–Kier alpha value is -3.02. The van der Waals surface area contributed by atoms with Crippen LogP contribution in [0.15, 0.2) is 79.0 Å². The van der Waals surface area contributed by atoms with Gasteiger partial charge in [0.05, 0.1) is 12.5 Å². The summed E-state index contributed by atoms with van der Waals surface area (Å²) in [7, 11) is 0. The molecule has 30 heavy (non-hydrogen) atoms.